The van der Waals surface area contributed by atoms with Gasteiger partial charge in [-0.2, -0.15) is 0 Å². The van der Waals surface area contributed by atoms with Gasteiger partial charge in [-0.25, -0.2) is 4.57 Å². The first-order valence-corrected chi connectivity index (χ1v) is 10.7. The van der Waals surface area contributed by atoms with Gasteiger partial charge in [0, 0.05) is 11.6 Å². The molecule has 0 aromatic heterocycles. The predicted octanol–water partition coefficient (Wildman–Crippen LogP) is 4.13. The topological polar surface area (TPSA) is 81.0 Å². The Bertz CT molecular complexity index is 760. The molecule has 3 rings (SSSR count). The average molecular weight is 410 g/mol. The van der Waals surface area contributed by atoms with E-state index in [4.69, 9.17) is 30.8 Å². The maximum absolute atomic E-state index is 8.88. The van der Waals surface area contributed by atoms with Crippen molar-refractivity contribution < 1.29 is 19.2 Å². The average Bonchev–Trinajstić information content (AvgIpc) is 3.13. The number of allylic oxidation sites excluding steroid dienone is 1. The van der Waals surface area contributed by atoms with Crippen LogP contribution in [0.5, 0.6) is 0 Å². The molecule has 1 aliphatic rings. The number of halogens is 1. The fraction of sp³-hybridized carbons (Fsp3) is 0.300. The number of benzene rings is 2. The molecular weight excluding hydrogens is 385 g/mol. The number of nitrogens with zero attached hydrogens (tertiary/aromatic N) is 1. The molecule has 0 aliphatic carbocycles. The lowest BCUT2D eigenvalue weighted by molar-refractivity contribution is 0.275. The van der Waals surface area contributed by atoms with Gasteiger partial charge in [-0.05, 0) is 61.2 Å². The summed E-state index contributed by atoms with van der Waals surface area (Å²) in [5.74, 6) is 0. The Kier molecular flexibility index (Phi) is 8.71. The van der Waals surface area contributed by atoms with Crippen molar-refractivity contribution in [2.24, 2.45) is 0 Å². The van der Waals surface area contributed by atoms with E-state index in [1.165, 1.54) is 42.6 Å². The summed E-state index contributed by atoms with van der Waals surface area (Å²) < 4.78 is 8.88. The standard InChI is InChI=1S/C20H22ClN.H3O4P/c21-20-10-8-17(9-11-20)16-19(18-6-2-1-3-7-18)12-15-22-13-4-5-14-22;1-5(2,3)4/h1-3,6-12H,4-5,13-16H2;(H3,1,2,3,4)/b19-12-;. The minimum Gasteiger partial charge on any atom is -0.303 e. The van der Waals surface area contributed by atoms with Gasteiger partial charge in [0.05, 0.1) is 0 Å². The zero-order chi connectivity index (χ0) is 19.7. The monoisotopic (exact) mass is 409 g/mol. The Balaban J connectivity index is 0.000000465. The van der Waals surface area contributed by atoms with Crippen LogP contribution >= 0.6 is 19.4 Å². The predicted molar refractivity (Wildman–Crippen MR) is 110 cm³/mol. The highest BCUT2D eigenvalue weighted by Gasteiger charge is 2.10. The summed E-state index contributed by atoms with van der Waals surface area (Å²) >= 11 is 5.99. The summed E-state index contributed by atoms with van der Waals surface area (Å²) in [7, 11) is -4.64. The van der Waals surface area contributed by atoms with Gasteiger partial charge in [-0.15, -0.1) is 0 Å². The molecule has 1 heterocycles. The number of likely N-dealkylation sites (tertiary alicyclic amines) is 1. The molecule has 146 valence electrons. The zero-order valence-electron chi connectivity index (χ0n) is 15.0. The molecule has 1 aliphatic heterocycles. The summed E-state index contributed by atoms with van der Waals surface area (Å²) in [5.41, 5.74) is 4.02. The van der Waals surface area contributed by atoms with Crippen molar-refractivity contribution in [1.82, 2.24) is 4.90 Å². The van der Waals surface area contributed by atoms with Gasteiger partial charge >= 0.3 is 7.82 Å². The minimum atomic E-state index is -4.64. The van der Waals surface area contributed by atoms with Crippen LogP contribution in [-0.4, -0.2) is 39.2 Å². The van der Waals surface area contributed by atoms with Gasteiger partial charge < -0.3 is 14.7 Å². The minimum absolute atomic E-state index is 0.797. The number of phosphoric acid groups is 1. The van der Waals surface area contributed by atoms with Crippen molar-refractivity contribution in [2.45, 2.75) is 19.3 Å². The van der Waals surface area contributed by atoms with Crippen LogP contribution in [0.4, 0.5) is 0 Å². The lowest BCUT2D eigenvalue weighted by Crippen LogP contribution is -2.19. The van der Waals surface area contributed by atoms with Gasteiger partial charge in [0.2, 0.25) is 0 Å². The largest absolute Gasteiger partial charge is 0.466 e. The third kappa shape index (κ3) is 9.34. The second-order valence-corrected chi connectivity index (χ2v) is 7.88. The molecule has 0 spiro atoms. The highest BCUT2D eigenvalue weighted by atomic mass is 35.5. The van der Waals surface area contributed by atoms with Crippen LogP contribution in [0.3, 0.4) is 0 Å². The third-order valence-electron chi connectivity index (χ3n) is 4.25. The lowest BCUT2D eigenvalue weighted by Gasteiger charge is -2.14. The first-order valence-electron chi connectivity index (χ1n) is 8.81. The molecule has 27 heavy (non-hydrogen) atoms. The van der Waals surface area contributed by atoms with Gasteiger partial charge in [0.15, 0.2) is 0 Å². The molecule has 0 bridgehead atoms. The van der Waals surface area contributed by atoms with Crippen LogP contribution in [0.25, 0.3) is 5.57 Å². The summed E-state index contributed by atoms with van der Waals surface area (Å²) in [6.07, 6.45) is 6.03. The molecule has 3 N–H and O–H groups in total. The highest BCUT2D eigenvalue weighted by Crippen LogP contribution is 2.26. The quantitative estimate of drug-likeness (QED) is 0.647. The molecule has 0 atom stereocenters. The van der Waals surface area contributed by atoms with Crippen LogP contribution in [0.2, 0.25) is 5.02 Å². The molecule has 7 heteroatoms. The molecule has 5 nitrogen and oxygen atoms in total. The Morgan fingerprint density at radius 2 is 1.56 bits per heavy atom. The van der Waals surface area contributed by atoms with Crippen LogP contribution in [-0.2, 0) is 11.0 Å². The third-order valence-corrected chi connectivity index (χ3v) is 4.50. The van der Waals surface area contributed by atoms with E-state index in [9.17, 15) is 0 Å². The SMILES string of the molecule is Clc1ccc(C/C(=C/CN2CCCC2)c2ccccc2)cc1.O=P(O)(O)O. The Morgan fingerprint density at radius 1 is 1.00 bits per heavy atom. The smallest absolute Gasteiger partial charge is 0.303 e. The zero-order valence-corrected chi connectivity index (χ0v) is 16.7. The molecule has 0 unspecified atom stereocenters. The highest BCUT2D eigenvalue weighted by molar-refractivity contribution is 7.45. The van der Waals surface area contributed by atoms with E-state index in [1.54, 1.807) is 0 Å². The van der Waals surface area contributed by atoms with E-state index in [-0.39, 0.29) is 0 Å². The van der Waals surface area contributed by atoms with Gasteiger partial charge in [0.1, 0.15) is 0 Å². The second-order valence-electron chi connectivity index (χ2n) is 6.42. The van der Waals surface area contributed by atoms with Crippen LogP contribution < -0.4 is 0 Å². The van der Waals surface area contributed by atoms with Crippen molar-refractivity contribution in [1.29, 1.82) is 0 Å². The number of hydrogen-bond donors (Lipinski definition) is 3. The van der Waals surface area contributed by atoms with Gasteiger partial charge in [-0.3, -0.25) is 4.90 Å². The first-order chi connectivity index (χ1) is 12.8. The van der Waals surface area contributed by atoms with E-state index >= 15 is 0 Å². The Morgan fingerprint density at radius 3 is 2.11 bits per heavy atom. The van der Waals surface area contributed by atoms with E-state index in [2.05, 4.69) is 53.4 Å². The van der Waals surface area contributed by atoms with Crippen molar-refractivity contribution in [2.75, 3.05) is 19.6 Å². The second kappa shape index (κ2) is 10.8. The van der Waals surface area contributed by atoms with E-state index in [0.717, 1.165) is 18.0 Å². The summed E-state index contributed by atoms with van der Waals surface area (Å²) in [5, 5.41) is 0.797. The molecule has 1 fully saturated rings. The van der Waals surface area contributed by atoms with Crippen LogP contribution in [0.1, 0.15) is 24.0 Å². The van der Waals surface area contributed by atoms with Crippen molar-refractivity contribution in [3.63, 3.8) is 0 Å². The maximum atomic E-state index is 8.88. The lowest BCUT2D eigenvalue weighted by atomic mass is 9.98. The van der Waals surface area contributed by atoms with Crippen molar-refractivity contribution >= 4 is 25.0 Å². The molecule has 0 saturated carbocycles. The molecule has 0 amide bonds. The molecule has 2 aromatic rings. The first kappa shape index (κ1) is 21.8. The summed E-state index contributed by atoms with van der Waals surface area (Å²) in [6, 6.07) is 18.9. The van der Waals surface area contributed by atoms with E-state index < -0.39 is 7.82 Å². The van der Waals surface area contributed by atoms with Crippen LogP contribution in [0, 0.1) is 0 Å². The normalized spacial score (nSPS) is 15.3. The summed E-state index contributed by atoms with van der Waals surface area (Å²) in [4.78, 5) is 24.1. The van der Waals surface area contributed by atoms with Crippen molar-refractivity contribution in [3.8, 4) is 0 Å². The fourth-order valence-corrected chi connectivity index (χ4v) is 3.10. The van der Waals surface area contributed by atoms with E-state index in [0.29, 0.717) is 0 Å². The Labute approximate surface area is 165 Å². The number of hydrogen-bond acceptors (Lipinski definition) is 2. The van der Waals surface area contributed by atoms with Gasteiger partial charge in [0.25, 0.3) is 0 Å². The van der Waals surface area contributed by atoms with E-state index in [1.807, 2.05) is 12.1 Å². The van der Waals surface area contributed by atoms with Crippen LogP contribution in [0.15, 0.2) is 60.7 Å². The molecule has 2 aromatic carbocycles. The molecule has 1 saturated heterocycles. The molecular formula is C20H25ClNO4P. The fourth-order valence-electron chi connectivity index (χ4n) is 2.97. The van der Waals surface area contributed by atoms with Crippen molar-refractivity contribution in [3.05, 3.63) is 76.8 Å². The number of rotatable bonds is 5. The maximum Gasteiger partial charge on any atom is 0.466 e. The summed E-state index contributed by atoms with van der Waals surface area (Å²) in [6.45, 7) is 3.52. The Hall–Kier alpha value is -1.46. The van der Waals surface area contributed by atoms with Gasteiger partial charge in [-0.1, -0.05) is 60.1 Å². The molecule has 0 radical (unpaired) electrons.